The lowest BCUT2D eigenvalue weighted by atomic mass is 10.1. The predicted octanol–water partition coefficient (Wildman–Crippen LogP) is 6.13. The van der Waals surface area contributed by atoms with Crippen LogP contribution in [0.4, 0.5) is 4.79 Å². The fourth-order valence-electron chi connectivity index (χ4n) is 3.97. The van der Waals surface area contributed by atoms with Crippen molar-refractivity contribution in [3.63, 3.8) is 0 Å². The molecule has 1 saturated heterocycles. The molecule has 1 aliphatic heterocycles. The molecule has 2 aromatic carbocycles. The minimum absolute atomic E-state index is 0.220. The molecular formula is C27H28N2O3S. The summed E-state index contributed by atoms with van der Waals surface area (Å²) in [6.07, 6.45) is 1.82. The highest BCUT2D eigenvalue weighted by atomic mass is 32.2. The maximum Gasteiger partial charge on any atom is 0.293 e. The summed E-state index contributed by atoms with van der Waals surface area (Å²) >= 11 is 0.984. The van der Waals surface area contributed by atoms with Crippen LogP contribution in [0, 0.1) is 34.6 Å². The van der Waals surface area contributed by atoms with Gasteiger partial charge in [0.15, 0.2) is 0 Å². The van der Waals surface area contributed by atoms with Gasteiger partial charge in [-0.15, -0.1) is 0 Å². The van der Waals surface area contributed by atoms with E-state index in [1.807, 2.05) is 58.0 Å². The Balaban J connectivity index is 1.49. The number of rotatable bonds is 6. The van der Waals surface area contributed by atoms with Gasteiger partial charge in [0, 0.05) is 17.1 Å². The van der Waals surface area contributed by atoms with Gasteiger partial charge in [-0.25, -0.2) is 0 Å². The third kappa shape index (κ3) is 4.76. The predicted molar refractivity (Wildman–Crippen MR) is 134 cm³/mol. The smallest absolute Gasteiger partial charge is 0.293 e. The first-order valence-electron chi connectivity index (χ1n) is 11.0. The molecule has 3 aromatic rings. The number of carbonyl (C=O) groups excluding carboxylic acids is 2. The zero-order valence-electron chi connectivity index (χ0n) is 19.6. The SMILES string of the molecule is Cc1ccc(-n2c(C)cc(/C=C3\SC(=O)N(CCOc4cc(C)ccc4C)C3=O)c2C)cc1. The van der Waals surface area contributed by atoms with Crippen molar-refractivity contribution in [2.24, 2.45) is 0 Å². The maximum absolute atomic E-state index is 12.9. The summed E-state index contributed by atoms with van der Waals surface area (Å²) in [4.78, 5) is 27.2. The molecule has 0 N–H and O–H groups in total. The number of ether oxygens (including phenoxy) is 1. The first kappa shape index (κ1) is 22.9. The van der Waals surface area contributed by atoms with Crippen LogP contribution in [0.1, 0.15) is 33.6 Å². The Bertz CT molecular complexity index is 1260. The molecule has 0 atom stereocenters. The summed E-state index contributed by atoms with van der Waals surface area (Å²) in [5.74, 6) is 0.510. The molecule has 0 saturated carbocycles. The van der Waals surface area contributed by atoms with Crippen molar-refractivity contribution in [3.8, 4) is 11.4 Å². The van der Waals surface area contributed by atoms with Gasteiger partial charge in [-0.1, -0.05) is 29.8 Å². The molecule has 2 heterocycles. The van der Waals surface area contributed by atoms with E-state index in [0.29, 0.717) is 4.91 Å². The molecule has 0 bridgehead atoms. The largest absolute Gasteiger partial charge is 0.491 e. The van der Waals surface area contributed by atoms with Gasteiger partial charge < -0.3 is 9.30 Å². The summed E-state index contributed by atoms with van der Waals surface area (Å²) in [6, 6.07) is 16.4. The van der Waals surface area contributed by atoms with Crippen LogP contribution in [0.2, 0.25) is 0 Å². The van der Waals surface area contributed by atoms with Crippen molar-refractivity contribution >= 4 is 29.0 Å². The van der Waals surface area contributed by atoms with E-state index in [4.69, 9.17) is 4.74 Å². The van der Waals surface area contributed by atoms with Crippen molar-refractivity contribution in [2.75, 3.05) is 13.2 Å². The second-order valence-electron chi connectivity index (χ2n) is 8.45. The van der Waals surface area contributed by atoms with E-state index in [2.05, 4.69) is 35.8 Å². The number of nitrogens with zero attached hydrogens (tertiary/aromatic N) is 2. The lowest BCUT2D eigenvalue weighted by molar-refractivity contribution is -0.123. The number of carbonyl (C=O) groups is 2. The Labute approximate surface area is 199 Å². The summed E-state index contributed by atoms with van der Waals surface area (Å²) in [5, 5.41) is -0.261. The Kier molecular flexibility index (Phi) is 6.47. The van der Waals surface area contributed by atoms with Gasteiger partial charge in [0.1, 0.15) is 12.4 Å². The second kappa shape index (κ2) is 9.32. The lowest BCUT2D eigenvalue weighted by Crippen LogP contribution is -2.32. The molecule has 33 heavy (non-hydrogen) atoms. The van der Waals surface area contributed by atoms with Crippen LogP contribution in [-0.4, -0.2) is 33.8 Å². The van der Waals surface area contributed by atoms with Crippen LogP contribution in [-0.2, 0) is 4.79 Å². The van der Waals surface area contributed by atoms with E-state index in [1.165, 1.54) is 10.5 Å². The van der Waals surface area contributed by atoms with Gasteiger partial charge in [-0.05, 0) is 93.4 Å². The first-order valence-corrected chi connectivity index (χ1v) is 11.8. The monoisotopic (exact) mass is 460 g/mol. The highest BCUT2D eigenvalue weighted by Gasteiger charge is 2.35. The van der Waals surface area contributed by atoms with Crippen LogP contribution >= 0.6 is 11.8 Å². The number of aromatic nitrogens is 1. The summed E-state index contributed by atoms with van der Waals surface area (Å²) in [6.45, 7) is 10.6. The number of hydrogen-bond acceptors (Lipinski definition) is 4. The maximum atomic E-state index is 12.9. The zero-order valence-corrected chi connectivity index (χ0v) is 20.5. The molecule has 1 fully saturated rings. The Morgan fingerprint density at radius 1 is 0.909 bits per heavy atom. The quantitative estimate of drug-likeness (QED) is 0.415. The van der Waals surface area contributed by atoms with E-state index in [1.54, 1.807) is 0 Å². The zero-order chi connectivity index (χ0) is 23.7. The molecule has 4 rings (SSSR count). The highest BCUT2D eigenvalue weighted by Crippen LogP contribution is 2.33. The van der Waals surface area contributed by atoms with E-state index >= 15 is 0 Å². The molecule has 0 unspecified atom stereocenters. The third-order valence-electron chi connectivity index (χ3n) is 5.84. The Morgan fingerprint density at radius 3 is 2.33 bits per heavy atom. The van der Waals surface area contributed by atoms with Crippen LogP contribution in [0.15, 0.2) is 53.4 Å². The molecule has 6 heteroatoms. The fraction of sp³-hybridized carbons (Fsp3) is 0.259. The lowest BCUT2D eigenvalue weighted by Gasteiger charge is -2.14. The van der Waals surface area contributed by atoms with E-state index in [-0.39, 0.29) is 24.3 Å². The van der Waals surface area contributed by atoms with Crippen molar-refractivity contribution in [1.82, 2.24) is 9.47 Å². The average Bonchev–Trinajstić information content (AvgIpc) is 3.20. The summed E-state index contributed by atoms with van der Waals surface area (Å²) in [5.41, 5.74) is 7.45. The number of thioether (sulfide) groups is 1. The normalized spacial score (nSPS) is 15.1. The molecule has 5 nitrogen and oxygen atoms in total. The highest BCUT2D eigenvalue weighted by molar-refractivity contribution is 8.18. The fourth-order valence-corrected chi connectivity index (χ4v) is 4.82. The number of imide groups is 1. The summed E-state index contributed by atoms with van der Waals surface area (Å²) in [7, 11) is 0. The van der Waals surface area contributed by atoms with Gasteiger partial charge >= 0.3 is 0 Å². The van der Waals surface area contributed by atoms with Gasteiger partial charge in [0.2, 0.25) is 0 Å². The minimum atomic E-state index is -0.269. The molecule has 1 aliphatic rings. The molecule has 170 valence electrons. The van der Waals surface area contributed by atoms with Crippen molar-refractivity contribution in [2.45, 2.75) is 34.6 Å². The molecule has 0 aliphatic carbocycles. The Hall–Kier alpha value is -3.25. The van der Waals surface area contributed by atoms with Gasteiger partial charge in [0.25, 0.3) is 11.1 Å². The van der Waals surface area contributed by atoms with Crippen molar-refractivity contribution in [3.05, 3.63) is 87.1 Å². The van der Waals surface area contributed by atoms with E-state index in [0.717, 1.165) is 51.3 Å². The van der Waals surface area contributed by atoms with Gasteiger partial charge in [-0.3, -0.25) is 14.5 Å². The minimum Gasteiger partial charge on any atom is -0.491 e. The number of amides is 2. The molecule has 1 aromatic heterocycles. The Morgan fingerprint density at radius 2 is 1.61 bits per heavy atom. The van der Waals surface area contributed by atoms with Crippen LogP contribution < -0.4 is 4.74 Å². The van der Waals surface area contributed by atoms with Crippen LogP contribution in [0.5, 0.6) is 5.75 Å². The first-order chi connectivity index (χ1) is 15.7. The number of hydrogen-bond donors (Lipinski definition) is 0. The summed E-state index contributed by atoms with van der Waals surface area (Å²) < 4.78 is 8.01. The van der Waals surface area contributed by atoms with Crippen LogP contribution in [0.3, 0.4) is 0 Å². The third-order valence-corrected chi connectivity index (χ3v) is 6.75. The van der Waals surface area contributed by atoms with E-state index < -0.39 is 0 Å². The molecule has 2 amide bonds. The van der Waals surface area contributed by atoms with Gasteiger partial charge in [0.05, 0.1) is 11.4 Å². The van der Waals surface area contributed by atoms with Gasteiger partial charge in [-0.2, -0.15) is 0 Å². The van der Waals surface area contributed by atoms with Crippen molar-refractivity contribution < 1.29 is 14.3 Å². The average molecular weight is 461 g/mol. The molecule has 0 radical (unpaired) electrons. The standard InChI is InChI=1S/C27H28N2O3S/c1-17-7-10-23(11-8-17)29-20(4)15-22(21(29)5)16-25-26(30)28(27(31)33-25)12-13-32-24-14-18(2)6-9-19(24)3/h6-11,14-16H,12-13H2,1-5H3/b25-16-. The van der Waals surface area contributed by atoms with E-state index in [9.17, 15) is 9.59 Å². The topological polar surface area (TPSA) is 51.5 Å². The number of aryl methyl sites for hydroxylation is 4. The van der Waals surface area contributed by atoms with Crippen molar-refractivity contribution in [1.29, 1.82) is 0 Å². The molecular weight excluding hydrogens is 432 g/mol. The molecule has 0 spiro atoms. The number of benzene rings is 2. The second-order valence-corrected chi connectivity index (χ2v) is 9.44. The van der Waals surface area contributed by atoms with Crippen LogP contribution in [0.25, 0.3) is 11.8 Å².